The van der Waals surface area contributed by atoms with Gasteiger partial charge in [-0.05, 0) is 62.9 Å². The van der Waals surface area contributed by atoms with E-state index in [2.05, 4.69) is 88.2 Å². The highest BCUT2D eigenvalue weighted by molar-refractivity contribution is 6.84. The topological polar surface area (TPSA) is 49.4 Å². The fourth-order valence-corrected chi connectivity index (χ4v) is 18.0. The van der Waals surface area contributed by atoms with Gasteiger partial charge in [-0.15, -0.1) is 0 Å². The van der Waals surface area contributed by atoms with Gasteiger partial charge in [0, 0.05) is 0 Å². The molecule has 1 aliphatic carbocycles. The molecule has 3 fully saturated rings. The predicted octanol–water partition coefficient (Wildman–Crippen LogP) is 6.34. The summed E-state index contributed by atoms with van der Waals surface area (Å²) in [5, 5.41) is 0. The van der Waals surface area contributed by atoms with E-state index in [1.54, 1.807) is 0 Å². The van der Waals surface area contributed by atoms with Crippen molar-refractivity contribution in [2.45, 2.75) is 153 Å². The Morgan fingerprint density at radius 3 is 1.62 bits per heavy atom. The summed E-state index contributed by atoms with van der Waals surface area (Å²) in [6.07, 6.45) is 3.96. The Morgan fingerprint density at radius 2 is 1.21 bits per heavy atom. The maximum absolute atomic E-state index is 7.44. The molecule has 0 aromatic rings. The van der Waals surface area contributed by atoms with Crippen LogP contribution in [0, 0.1) is 0 Å². The Morgan fingerprint density at radius 1 is 0.765 bits per heavy atom. The van der Waals surface area contributed by atoms with Gasteiger partial charge in [-0.3, -0.25) is 0 Å². The Balaban J connectivity index is 2.18. The molecule has 0 amide bonds. The second kappa shape index (κ2) is 10.5. The fourth-order valence-electron chi connectivity index (χ4n) is 6.73. The molecule has 0 radical (unpaired) electrons. The van der Waals surface area contributed by atoms with Crippen LogP contribution in [-0.2, 0) is 22.4 Å². The van der Waals surface area contributed by atoms with Crippen LogP contribution in [0.3, 0.4) is 0 Å². The van der Waals surface area contributed by atoms with Gasteiger partial charge in [-0.1, -0.05) is 68.2 Å². The molecule has 200 valence electrons. The van der Waals surface area contributed by atoms with Gasteiger partial charge < -0.3 is 27.3 Å². The van der Waals surface area contributed by atoms with Crippen molar-refractivity contribution in [3.05, 3.63) is 0 Å². The average Bonchev–Trinajstić information content (AvgIpc) is 3.13. The first kappa shape index (κ1) is 28.8. The minimum Gasteiger partial charge on any atom is -0.414 e. The van der Waals surface area contributed by atoms with Gasteiger partial charge in [0.1, 0.15) is 6.10 Å². The van der Waals surface area contributed by atoms with E-state index in [4.69, 9.17) is 22.4 Å². The van der Waals surface area contributed by atoms with Gasteiger partial charge in [0.25, 0.3) is 0 Å². The van der Waals surface area contributed by atoms with Crippen LogP contribution >= 0.6 is 0 Å². The second-order valence-electron chi connectivity index (χ2n) is 12.9. The molecule has 8 heteroatoms. The highest BCUT2D eigenvalue weighted by Crippen LogP contribution is 2.51. The molecule has 0 N–H and O–H groups in total. The van der Waals surface area contributed by atoms with E-state index in [1.165, 1.54) is 12.8 Å². The zero-order chi connectivity index (χ0) is 25.6. The summed E-state index contributed by atoms with van der Waals surface area (Å²) in [6.45, 7) is 22.6. The van der Waals surface area contributed by atoms with Gasteiger partial charge >= 0.3 is 17.1 Å². The molecule has 4 atom stereocenters. The summed E-state index contributed by atoms with van der Waals surface area (Å²) >= 11 is 0. The van der Waals surface area contributed by atoms with Crippen LogP contribution in [-0.4, -0.2) is 72.4 Å². The quantitative estimate of drug-likeness (QED) is 0.369. The van der Waals surface area contributed by atoms with Gasteiger partial charge in [0.2, 0.25) is 0 Å². The number of hydrogen-bond acceptors (Lipinski definition) is 6. The minimum atomic E-state index is -2.71. The normalized spacial score (nSPS) is 33.8. The Kier molecular flexibility index (Phi) is 8.90. The molecule has 0 unspecified atom stereocenters. The average molecular weight is 516 g/mol. The molecule has 2 heterocycles. The van der Waals surface area contributed by atoms with Crippen LogP contribution in [0.4, 0.5) is 0 Å². The smallest absolute Gasteiger partial charge is 0.335 e. The standard InChI is InChI=1S/C26H53NO5Si2/c1-17(2)33(18(3)4)30-22-23(31-34(32-33,19(5)6)20(7)8)25(28-21-15-13-14-16-21)29-26(9,10)24(22)27(11)12/h17-25H,13-16H2,1-12H3/t22-,23+,24-,25+/m0/s1. The number of rotatable bonds is 7. The van der Waals surface area contributed by atoms with Gasteiger partial charge in [-0.2, -0.15) is 0 Å². The molecule has 2 aliphatic heterocycles. The van der Waals surface area contributed by atoms with Crippen LogP contribution in [0.15, 0.2) is 0 Å². The lowest BCUT2D eigenvalue weighted by Gasteiger charge is -2.54. The van der Waals surface area contributed by atoms with Crippen LogP contribution in [0.2, 0.25) is 22.2 Å². The van der Waals surface area contributed by atoms with E-state index < -0.39 is 29.0 Å². The molecule has 34 heavy (non-hydrogen) atoms. The molecule has 2 saturated heterocycles. The highest BCUT2D eigenvalue weighted by atomic mass is 28.5. The van der Waals surface area contributed by atoms with Crippen molar-refractivity contribution >= 4 is 17.1 Å². The third-order valence-corrected chi connectivity index (χ3v) is 18.7. The van der Waals surface area contributed by atoms with Crippen molar-refractivity contribution < 1.29 is 22.4 Å². The summed E-state index contributed by atoms with van der Waals surface area (Å²) in [4.78, 5) is 2.26. The van der Waals surface area contributed by atoms with Crippen molar-refractivity contribution in [2.75, 3.05) is 14.1 Å². The lowest BCUT2D eigenvalue weighted by molar-refractivity contribution is -0.313. The zero-order valence-electron chi connectivity index (χ0n) is 24.0. The number of likely N-dealkylation sites (N-methyl/N-ethyl adjacent to an activating group) is 1. The van der Waals surface area contributed by atoms with Crippen molar-refractivity contribution in [3.8, 4) is 0 Å². The molecule has 1 saturated carbocycles. The van der Waals surface area contributed by atoms with E-state index in [-0.39, 0.29) is 24.4 Å². The third kappa shape index (κ3) is 5.12. The van der Waals surface area contributed by atoms with Gasteiger partial charge in [-0.25, -0.2) is 0 Å². The number of ether oxygens (including phenoxy) is 2. The predicted molar refractivity (Wildman–Crippen MR) is 142 cm³/mol. The lowest BCUT2D eigenvalue weighted by atomic mass is 9.86. The summed E-state index contributed by atoms with van der Waals surface area (Å²) in [5.41, 5.74) is 0.748. The van der Waals surface area contributed by atoms with Crippen LogP contribution < -0.4 is 0 Å². The molecule has 6 nitrogen and oxygen atoms in total. The van der Waals surface area contributed by atoms with Crippen LogP contribution in [0.25, 0.3) is 0 Å². The van der Waals surface area contributed by atoms with Crippen molar-refractivity contribution in [3.63, 3.8) is 0 Å². The van der Waals surface area contributed by atoms with Crippen LogP contribution in [0.5, 0.6) is 0 Å². The maximum atomic E-state index is 7.44. The van der Waals surface area contributed by atoms with E-state index in [9.17, 15) is 0 Å². The molecule has 0 bridgehead atoms. The Labute approximate surface area is 211 Å². The van der Waals surface area contributed by atoms with E-state index in [0.717, 1.165) is 12.8 Å². The molecule has 0 aromatic heterocycles. The molecular formula is C26H53NO5Si2. The molecular weight excluding hydrogens is 462 g/mol. The zero-order valence-corrected chi connectivity index (χ0v) is 26.0. The van der Waals surface area contributed by atoms with Crippen molar-refractivity contribution in [1.82, 2.24) is 4.90 Å². The molecule has 3 rings (SSSR count). The van der Waals surface area contributed by atoms with Gasteiger partial charge in [0.05, 0.1) is 23.9 Å². The number of nitrogens with zero attached hydrogens (tertiary/aromatic N) is 1. The Bertz CT molecular complexity index is 662. The highest BCUT2D eigenvalue weighted by Gasteiger charge is 2.66. The van der Waals surface area contributed by atoms with Crippen molar-refractivity contribution in [1.29, 1.82) is 0 Å². The molecule has 3 aliphatic rings. The van der Waals surface area contributed by atoms with E-state index in [0.29, 0.717) is 22.2 Å². The second-order valence-corrected chi connectivity index (χ2v) is 21.7. The van der Waals surface area contributed by atoms with Gasteiger partial charge in [0.15, 0.2) is 6.29 Å². The first-order valence-electron chi connectivity index (χ1n) is 13.7. The minimum absolute atomic E-state index is 0.0260. The number of fused-ring (bicyclic) bond motifs is 1. The summed E-state index contributed by atoms with van der Waals surface area (Å²) in [5.74, 6) is 0. The molecule has 0 aromatic carbocycles. The van der Waals surface area contributed by atoms with E-state index >= 15 is 0 Å². The SMILES string of the molecule is CC(C)[Si]1(C(C)C)O[C@H]2[C@H](OC3CCCC3)OC(C)(C)[C@@H](N(C)C)[C@H]2O[Si](C(C)C)(C(C)C)O1. The van der Waals surface area contributed by atoms with Crippen molar-refractivity contribution in [2.24, 2.45) is 0 Å². The monoisotopic (exact) mass is 515 g/mol. The third-order valence-electron chi connectivity index (χ3n) is 8.40. The van der Waals surface area contributed by atoms with E-state index in [1.807, 2.05) is 0 Å². The summed E-state index contributed by atoms with van der Waals surface area (Å²) in [6, 6.07) is 0.0260. The first-order valence-corrected chi connectivity index (χ1v) is 17.7. The molecule has 0 spiro atoms. The lowest BCUT2D eigenvalue weighted by Crippen LogP contribution is -2.69. The first-order chi connectivity index (χ1) is 15.7. The maximum Gasteiger partial charge on any atom is 0.335 e. The largest absolute Gasteiger partial charge is 0.414 e. The fraction of sp³-hybridized carbons (Fsp3) is 1.00. The Hall–Kier alpha value is 0.194. The summed E-state index contributed by atoms with van der Waals surface area (Å²) < 4.78 is 35.7. The van der Waals surface area contributed by atoms with Crippen LogP contribution in [0.1, 0.15) is 94.9 Å². The summed E-state index contributed by atoms with van der Waals surface area (Å²) in [7, 11) is -1.13. The number of hydrogen-bond donors (Lipinski definition) is 0.